The summed E-state index contributed by atoms with van der Waals surface area (Å²) in [6, 6.07) is 0. The van der Waals surface area contributed by atoms with Gasteiger partial charge >= 0.3 is 0 Å². The summed E-state index contributed by atoms with van der Waals surface area (Å²) in [5.74, 6) is 2.15. The van der Waals surface area contributed by atoms with Gasteiger partial charge in [-0.05, 0) is 87.4 Å². The van der Waals surface area contributed by atoms with Crippen LogP contribution in [-0.2, 0) is 0 Å². The molecule has 0 saturated heterocycles. The first-order valence-corrected chi connectivity index (χ1v) is 10.8. The maximum absolute atomic E-state index is 9.91. The minimum Gasteiger partial charge on any atom is -0.396 e. The van der Waals surface area contributed by atoms with Crippen LogP contribution in [0.15, 0.2) is 23.3 Å². The highest BCUT2D eigenvalue weighted by atomic mass is 16.3. The maximum atomic E-state index is 9.91. The Hall–Kier alpha value is -0.640. The van der Waals surface area contributed by atoms with Crippen LogP contribution in [0, 0.1) is 23.2 Å². The van der Waals surface area contributed by atoms with Crippen LogP contribution in [0.2, 0.25) is 0 Å². The number of hydrogen-bond acceptors (Lipinski definition) is 3. The number of aliphatic hydroxyl groups is 3. The molecule has 148 valence electrons. The summed E-state index contributed by atoms with van der Waals surface area (Å²) in [6.45, 7) is 5.21. The highest BCUT2D eigenvalue weighted by Gasteiger charge is 2.50. The van der Waals surface area contributed by atoms with Crippen molar-refractivity contribution in [1.82, 2.24) is 0 Å². The van der Waals surface area contributed by atoms with Crippen molar-refractivity contribution in [2.24, 2.45) is 23.2 Å². The fraction of sp³-hybridized carbons (Fsp3) is 0.826. The molecule has 0 radical (unpaired) electrons. The minimum atomic E-state index is -0.386. The summed E-state index contributed by atoms with van der Waals surface area (Å²) in [6.07, 6.45) is 14.2. The quantitative estimate of drug-likeness (QED) is 0.680. The van der Waals surface area contributed by atoms with Gasteiger partial charge in [0.1, 0.15) is 0 Å². The molecule has 3 aliphatic rings. The summed E-state index contributed by atoms with van der Waals surface area (Å²) in [5.41, 5.74) is 3.20. The van der Waals surface area contributed by atoms with Crippen molar-refractivity contribution in [1.29, 1.82) is 0 Å². The molecule has 0 heterocycles. The van der Waals surface area contributed by atoms with Gasteiger partial charge in [-0.15, -0.1) is 0 Å². The minimum absolute atomic E-state index is 0.313. The molecule has 0 aromatic rings. The van der Waals surface area contributed by atoms with E-state index in [0.29, 0.717) is 43.1 Å². The Labute approximate surface area is 159 Å². The van der Waals surface area contributed by atoms with Crippen molar-refractivity contribution in [3.05, 3.63) is 23.3 Å². The molecular formula is C23H38O3. The van der Waals surface area contributed by atoms with E-state index in [9.17, 15) is 15.3 Å². The van der Waals surface area contributed by atoms with E-state index in [1.54, 1.807) is 5.57 Å². The number of hydrogen-bond donors (Lipinski definition) is 3. The summed E-state index contributed by atoms with van der Waals surface area (Å²) in [7, 11) is 0. The molecule has 26 heavy (non-hydrogen) atoms. The van der Waals surface area contributed by atoms with E-state index < -0.39 is 0 Å². The standard InChI is InChI=1S/C23H38O3/c1-16(5-4-12-24)21-9-10-22-18(6-3-11-23(21,22)2)8-7-17-13-19(25)15-20(26)14-17/h7-8,16,19-22,24-26H,3-6,9-15H2,1-2H3/t16-,19?,20?,21-,22+,23-/m1/s1. The number of rotatable bonds is 5. The molecule has 3 rings (SSSR count). The summed E-state index contributed by atoms with van der Waals surface area (Å²) >= 11 is 0. The molecule has 2 unspecified atom stereocenters. The van der Waals surface area contributed by atoms with Crippen LogP contribution in [0.3, 0.4) is 0 Å². The molecule has 3 N–H and O–H groups in total. The Balaban J connectivity index is 1.73. The van der Waals surface area contributed by atoms with Gasteiger partial charge in [-0.3, -0.25) is 0 Å². The van der Waals surface area contributed by atoms with E-state index >= 15 is 0 Å². The molecule has 3 nitrogen and oxygen atoms in total. The van der Waals surface area contributed by atoms with Crippen LogP contribution in [-0.4, -0.2) is 34.1 Å². The molecule has 0 aromatic heterocycles. The molecule has 3 heteroatoms. The van der Waals surface area contributed by atoms with Crippen LogP contribution >= 0.6 is 0 Å². The molecule has 0 aliphatic heterocycles. The fourth-order valence-corrected chi connectivity index (χ4v) is 6.36. The van der Waals surface area contributed by atoms with Crippen molar-refractivity contribution in [3.63, 3.8) is 0 Å². The molecule has 3 aliphatic carbocycles. The number of fused-ring (bicyclic) bond motifs is 1. The third kappa shape index (κ3) is 4.26. The van der Waals surface area contributed by atoms with Crippen LogP contribution in [0.5, 0.6) is 0 Å². The molecule has 3 fully saturated rings. The van der Waals surface area contributed by atoms with Gasteiger partial charge in [0.05, 0.1) is 12.2 Å². The topological polar surface area (TPSA) is 60.7 Å². The van der Waals surface area contributed by atoms with Crippen LogP contribution in [0.4, 0.5) is 0 Å². The third-order valence-corrected chi connectivity index (χ3v) is 7.62. The molecule has 3 saturated carbocycles. The maximum Gasteiger partial charge on any atom is 0.0602 e. The monoisotopic (exact) mass is 362 g/mol. The lowest BCUT2D eigenvalue weighted by Gasteiger charge is -2.44. The second-order valence-corrected chi connectivity index (χ2v) is 9.46. The Bertz CT molecular complexity index is 526. The van der Waals surface area contributed by atoms with E-state index in [2.05, 4.69) is 26.0 Å². The van der Waals surface area contributed by atoms with Crippen molar-refractivity contribution in [2.75, 3.05) is 6.61 Å². The van der Waals surface area contributed by atoms with E-state index in [0.717, 1.165) is 18.8 Å². The lowest BCUT2D eigenvalue weighted by atomic mass is 9.61. The van der Waals surface area contributed by atoms with Crippen molar-refractivity contribution < 1.29 is 15.3 Å². The average molecular weight is 363 g/mol. The van der Waals surface area contributed by atoms with Gasteiger partial charge in [-0.1, -0.05) is 37.1 Å². The van der Waals surface area contributed by atoms with Crippen LogP contribution < -0.4 is 0 Å². The van der Waals surface area contributed by atoms with E-state index in [1.807, 2.05) is 0 Å². The number of allylic oxidation sites excluding steroid dienone is 3. The molecular weight excluding hydrogens is 324 g/mol. The lowest BCUT2D eigenvalue weighted by molar-refractivity contribution is 0.0609. The predicted molar refractivity (Wildman–Crippen MR) is 106 cm³/mol. The zero-order chi connectivity index (χ0) is 18.7. The van der Waals surface area contributed by atoms with E-state index in [4.69, 9.17) is 0 Å². The van der Waals surface area contributed by atoms with Gasteiger partial charge in [-0.2, -0.15) is 0 Å². The largest absolute Gasteiger partial charge is 0.396 e. The Morgan fingerprint density at radius 2 is 1.88 bits per heavy atom. The SMILES string of the molecule is C[C@H](CCCO)[C@H]1CC[C@H]2C(=CC=C3CC(O)CC(O)C3)CCC[C@]12C. The van der Waals surface area contributed by atoms with Crippen molar-refractivity contribution in [2.45, 2.75) is 90.3 Å². The second-order valence-electron chi connectivity index (χ2n) is 9.46. The highest BCUT2D eigenvalue weighted by Crippen LogP contribution is 2.59. The second kappa shape index (κ2) is 8.58. The van der Waals surface area contributed by atoms with Crippen LogP contribution in [0.1, 0.15) is 78.1 Å². The van der Waals surface area contributed by atoms with Crippen molar-refractivity contribution >= 4 is 0 Å². The molecule has 0 aromatic carbocycles. The Kier molecular flexibility index (Phi) is 6.63. The predicted octanol–water partition coefficient (Wildman–Crippen LogP) is 4.37. The van der Waals surface area contributed by atoms with Crippen molar-refractivity contribution in [3.8, 4) is 0 Å². The van der Waals surface area contributed by atoms with Gasteiger partial charge in [0.25, 0.3) is 0 Å². The van der Waals surface area contributed by atoms with Crippen LogP contribution in [0.25, 0.3) is 0 Å². The summed E-state index contributed by atoms with van der Waals surface area (Å²) in [5, 5.41) is 29.0. The zero-order valence-electron chi connectivity index (χ0n) is 16.7. The van der Waals surface area contributed by atoms with Gasteiger partial charge in [0, 0.05) is 6.61 Å². The smallest absolute Gasteiger partial charge is 0.0602 e. The summed E-state index contributed by atoms with van der Waals surface area (Å²) < 4.78 is 0. The summed E-state index contributed by atoms with van der Waals surface area (Å²) in [4.78, 5) is 0. The van der Waals surface area contributed by atoms with Gasteiger partial charge < -0.3 is 15.3 Å². The van der Waals surface area contributed by atoms with Gasteiger partial charge in [0.2, 0.25) is 0 Å². The molecule has 0 bridgehead atoms. The molecule has 0 amide bonds. The van der Waals surface area contributed by atoms with E-state index in [1.165, 1.54) is 37.7 Å². The average Bonchev–Trinajstić information content (AvgIpc) is 2.94. The Morgan fingerprint density at radius 1 is 1.15 bits per heavy atom. The van der Waals surface area contributed by atoms with Gasteiger partial charge in [0.15, 0.2) is 0 Å². The van der Waals surface area contributed by atoms with E-state index in [-0.39, 0.29) is 12.2 Å². The first-order chi connectivity index (χ1) is 12.4. The fourth-order valence-electron chi connectivity index (χ4n) is 6.36. The third-order valence-electron chi connectivity index (χ3n) is 7.62. The van der Waals surface area contributed by atoms with Gasteiger partial charge in [-0.25, -0.2) is 0 Å². The highest BCUT2D eigenvalue weighted by molar-refractivity contribution is 5.26. The zero-order valence-corrected chi connectivity index (χ0v) is 16.7. The normalized spacial score (nSPS) is 40.5. The lowest BCUT2D eigenvalue weighted by Crippen LogP contribution is -2.36. The Morgan fingerprint density at radius 3 is 2.58 bits per heavy atom. The molecule has 6 atom stereocenters. The first-order valence-electron chi connectivity index (χ1n) is 10.8. The number of aliphatic hydroxyl groups excluding tert-OH is 3. The molecule has 0 spiro atoms. The first kappa shape index (κ1) is 20.1.